The highest BCUT2D eigenvalue weighted by Gasteiger charge is 2.28. The minimum Gasteiger partial charge on any atom is -0.396 e. The molecule has 110 valence electrons. The van der Waals surface area contributed by atoms with Crippen molar-refractivity contribution in [2.24, 2.45) is 5.92 Å². The van der Waals surface area contributed by atoms with Gasteiger partial charge in [-0.2, -0.15) is 0 Å². The molecule has 2 atom stereocenters. The lowest BCUT2D eigenvalue weighted by Crippen LogP contribution is -2.33. The number of rotatable bonds is 7. The fourth-order valence-electron chi connectivity index (χ4n) is 2.69. The quantitative estimate of drug-likeness (QED) is 0.813. The molecule has 0 bridgehead atoms. The summed E-state index contributed by atoms with van der Waals surface area (Å²) in [5.74, 6) is 1.33. The van der Waals surface area contributed by atoms with Crippen LogP contribution >= 0.6 is 11.8 Å². The number of nitrogens with one attached hydrogen (secondary N) is 1. The second kappa shape index (κ2) is 7.70. The largest absolute Gasteiger partial charge is 0.396 e. The van der Waals surface area contributed by atoms with Gasteiger partial charge in [-0.1, -0.05) is 31.5 Å². The minimum atomic E-state index is -0.0207. The second-order valence-electron chi connectivity index (χ2n) is 5.31. The third-order valence-corrected chi connectivity index (χ3v) is 5.00. The first-order valence-corrected chi connectivity index (χ1v) is 8.35. The second-order valence-corrected chi connectivity index (χ2v) is 6.38. The van der Waals surface area contributed by atoms with Crippen LogP contribution in [0.2, 0.25) is 0 Å². The molecule has 4 heteroatoms. The minimum absolute atomic E-state index is 0.0207. The van der Waals surface area contributed by atoms with Crippen molar-refractivity contribution < 1.29 is 9.90 Å². The van der Waals surface area contributed by atoms with E-state index in [4.69, 9.17) is 5.11 Å². The highest BCUT2D eigenvalue weighted by Crippen LogP contribution is 2.39. The summed E-state index contributed by atoms with van der Waals surface area (Å²) >= 11 is 1.76. The lowest BCUT2D eigenvalue weighted by atomic mass is 9.98. The molecule has 0 spiro atoms. The number of thioether (sulfide) groups is 1. The molecule has 2 N–H and O–H groups in total. The number of hydrogen-bond donors (Lipinski definition) is 2. The molecule has 1 amide bonds. The summed E-state index contributed by atoms with van der Waals surface area (Å²) in [5, 5.41) is 12.1. The van der Waals surface area contributed by atoms with Gasteiger partial charge in [0, 0.05) is 23.8 Å². The van der Waals surface area contributed by atoms with E-state index in [0.29, 0.717) is 12.5 Å². The van der Waals surface area contributed by atoms with E-state index in [9.17, 15) is 4.79 Å². The van der Waals surface area contributed by atoms with Crippen LogP contribution in [0.4, 0.5) is 0 Å². The van der Waals surface area contributed by atoms with Gasteiger partial charge in [0.15, 0.2) is 0 Å². The number of aliphatic hydroxyl groups is 1. The molecule has 1 heterocycles. The van der Waals surface area contributed by atoms with E-state index in [0.717, 1.165) is 30.6 Å². The molecular formula is C16H23NO2S. The van der Waals surface area contributed by atoms with Gasteiger partial charge in [-0.05, 0) is 30.4 Å². The molecule has 1 aliphatic heterocycles. The van der Waals surface area contributed by atoms with Gasteiger partial charge in [0.05, 0.1) is 5.92 Å². The zero-order valence-corrected chi connectivity index (χ0v) is 12.8. The van der Waals surface area contributed by atoms with Crippen molar-refractivity contribution in [2.75, 3.05) is 18.9 Å². The Labute approximate surface area is 125 Å². The van der Waals surface area contributed by atoms with E-state index >= 15 is 0 Å². The standard InChI is InChI=1S/C16H23NO2S/c1-2-5-12(8-9-18)10-17-16(19)14-11-20-15-7-4-3-6-13(14)15/h3-4,6-7,12,14,18H,2,5,8-11H2,1H3,(H,17,19). The Morgan fingerprint density at radius 2 is 2.25 bits per heavy atom. The molecule has 3 nitrogen and oxygen atoms in total. The van der Waals surface area contributed by atoms with Crippen molar-refractivity contribution in [3.05, 3.63) is 29.8 Å². The van der Waals surface area contributed by atoms with E-state index in [1.807, 2.05) is 12.1 Å². The topological polar surface area (TPSA) is 49.3 Å². The third kappa shape index (κ3) is 3.76. The van der Waals surface area contributed by atoms with E-state index in [1.54, 1.807) is 11.8 Å². The molecule has 0 aromatic heterocycles. The van der Waals surface area contributed by atoms with Crippen LogP contribution in [0.5, 0.6) is 0 Å². The first kappa shape index (κ1) is 15.4. The van der Waals surface area contributed by atoms with Crippen molar-refractivity contribution in [2.45, 2.75) is 37.0 Å². The predicted octanol–water partition coefficient (Wildman–Crippen LogP) is 2.79. The van der Waals surface area contributed by atoms with Crippen molar-refractivity contribution in [1.82, 2.24) is 5.32 Å². The van der Waals surface area contributed by atoms with Crippen molar-refractivity contribution in [3.63, 3.8) is 0 Å². The SMILES string of the molecule is CCCC(CCO)CNC(=O)C1CSc2ccccc21. The summed E-state index contributed by atoms with van der Waals surface area (Å²) in [6.07, 6.45) is 2.91. The number of hydrogen-bond acceptors (Lipinski definition) is 3. The van der Waals surface area contributed by atoms with E-state index < -0.39 is 0 Å². The number of carbonyl (C=O) groups excluding carboxylic acids is 1. The summed E-state index contributed by atoms with van der Waals surface area (Å²) in [4.78, 5) is 13.6. The van der Waals surface area contributed by atoms with Gasteiger partial charge in [-0.3, -0.25) is 4.79 Å². The third-order valence-electron chi connectivity index (χ3n) is 3.82. The molecule has 20 heavy (non-hydrogen) atoms. The highest BCUT2D eigenvalue weighted by atomic mass is 32.2. The first-order valence-electron chi connectivity index (χ1n) is 7.36. The molecule has 1 aliphatic rings. The van der Waals surface area contributed by atoms with Crippen LogP contribution in [0.15, 0.2) is 29.2 Å². The Balaban J connectivity index is 1.89. The number of benzene rings is 1. The molecule has 1 aromatic carbocycles. The lowest BCUT2D eigenvalue weighted by Gasteiger charge is -2.18. The molecule has 0 radical (unpaired) electrons. The number of carbonyl (C=O) groups is 1. The Morgan fingerprint density at radius 1 is 1.45 bits per heavy atom. The van der Waals surface area contributed by atoms with Gasteiger partial charge in [-0.15, -0.1) is 11.8 Å². The molecule has 2 rings (SSSR count). The molecule has 2 unspecified atom stereocenters. The average molecular weight is 293 g/mol. The summed E-state index contributed by atoms with van der Waals surface area (Å²) in [7, 11) is 0. The maximum atomic E-state index is 12.3. The summed E-state index contributed by atoms with van der Waals surface area (Å²) < 4.78 is 0. The Morgan fingerprint density at radius 3 is 3.00 bits per heavy atom. The van der Waals surface area contributed by atoms with Crippen molar-refractivity contribution in [1.29, 1.82) is 0 Å². The summed E-state index contributed by atoms with van der Waals surface area (Å²) in [6, 6.07) is 8.15. The lowest BCUT2D eigenvalue weighted by molar-refractivity contribution is -0.122. The van der Waals surface area contributed by atoms with Crippen LogP contribution in [0, 0.1) is 5.92 Å². The summed E-state index contributed by atoms with van der Waals surface area (Å²) in [5.41, 5.74) is 1.16. The van der Waals surface area contributed by atoms with Crippen LogP contribution in [0.1, 0.15) is 37.7 Å². The van der Waals surface area contributed by atoms with Gasteiger partial charge < -0.3 is 10.4 Å². The molecule has 0 saturated carbocycles. The van der Waals surface area contributed by atoms with Crippen molar-refractivity contribution in [3.8, 4) is 0 Å². The Kier molecular flexibility index (Phi) is 5.92. The maximum Gasteiger partial charge on any atom is 0.228 e. The monoisotopic (exact) mass is 293 g/mol. The van der Waals surface area contributed by atoms with Gasteiger partial charge in [0.25, 0.3) is 0 Å². The normalized spacial score (nSPS) is 18.6. The molecule has 0 saturated heterocycles. The number of fused-ring (bicyclic) bond motifs is 1. The van der Waals surface area contributed by atoms with Crippen LogP contribution < -0.4 is 5.32 Å². The zero-order chi connectivity index (χ0) is 14.4. The zero-order valence-electron chi connectivity index (χ0n) is 12.0. The van der Waals surface area contributed by atoms with Gasteiger partial charge in [0.1, 0.15) is 0 Å². The van der Waals surface area contributed by atoms with Gasteiger partial charge in [-0.25, -0.2) is 0 Å². The van der Waals surface area contributed by atoms with Crippen LogP contribution in [-0.4, -0.2) is 29.9 Å². The van der Waals surface area contributed by atoms with Gasteiger partial charge in [0.2, 0.25) is 5.91 Å². The first-order chi connectivity index (χ1) is 9.76. The van der Waals surface area contributed by atoms with Crippen LogP contribution in [0.25, 0.3) is 0 Å². The maximum absolute atomic E-state index is 12.3. The smallest absolute Gasteiger partial charge is 0.228 e. The molecular weight excluding hydrogens is 270 g/mol. The molecule has 0 fully saturated rings. The highest BCUT2D eigenvalue weighted by molar-refractivity contribution is 7.99. The average Bonchev–Trinajstić information content (AvgIpc) is 2.89. The fourth-order valence-corrected chi connectivity index (χ4v) is 3.92. The Hall–Kier alpha value is -1.00. The molecule has 0 aliphatic carbocycles. The molecule has 1 aromatic rings. The van der Waals surface area contributed by atoms with Crippen LogP contribution in [-0.2, 0) is 4.79 Å². The fraction of sp³-hybridized carbons (Fsp3) is 0.562. The van der Waals surface area contributed by atoms with E-state index in [2.05, 4.69) is 24.4 Å². The number of amides is 1. The summed E-state index contributed by atoms with van der Waals surface area (Å²) in [6.45, 7) is 3.01. The predicted molar refractivity (Wildman–Crippen MR) is 83.0 cm³/mol. The van der Waals surface area contributed by atoms with E-state index in [1.165, 1.54) is 4.90 Å². The van der Waals surface area contributed by atoms with Crippen LogP contribution in [0.3, 0.4) is 0 Å². The van der Waals surface area contributed by atoms with E-state index in [-0.39, 0.29) is 18.4 Å². The Bertz CT molecular complexity index is 444. The number of aliphatic hydroxyl groups excluding tert-OH is 1. The van der Waals surface area contributed by atoms with Gasteiger partial charge >= 0.3 is 0 Å². The van der Waals surface area contributed by atoms with Crippen molar-refractivity contribution >= 4 is 17.7 Å².